The summed E-state index contributed by atoms with van der Waals surface area (Å²) < 4.78 is 27.4. The van der Waals surface area contributed by atoms with Crippen molar-refractivity contribution in [2.24, 2.45) is 0 Å². The van der Waals surface area contributed by atoms with Gasteiger partial charge in [0.05, 0.1) is 4.90 Å². The number of hydrogen-bond acceptors (Lipinski definition) is 2. The van der Waals surface area contributed by atoms with Crippen LogP contribution in [0.5, 0.6) is 0 Å². The van der Waals surface area contributed by atoms with Crippen LogP contribution in [0.25, 0.3) is 0 Å². The van der Waals surface area contributed by atoms with Crippen LogP contribution in [0.4, 0.5) is 0 Å². The molecule has 2 aromatic carbocycles. The van der Waals surface area contributed by atoms with Gasteiger partial charge in [0.25, 0.3) is 0 Å². The van der Waals surface area contributed by atoms with Crippen LogP contribution >= 0.6 is 27.5 Å². The van der Waals surface area contributed by atoms with E-state index in [9.17, 15) is 8.42 Å². The van der Waals surface area contributed by atoms with Crippen molar-refractivity contribution in [3.63, 3.8) is 0 Å². The van der Waals surface area contributed by atoms with E-state index in [1.165, 1.54) is 4.31 Å². The minimum absolute atomic E-state index is 0.257. The molecule has 0 spiro atoms. The predicted octanol–water partition coefficient (Wildman–Crippen LogP) is 4.48. The maximum absolute atomic E-state index is 12.6. The average molecular weight is 389 g/mol. The number of rotatable bonds is 4. The number of sulfonamides is 1. The Balaban J connectivity index is 2.36. The van der Waals surface area contributed by atoms with Gasteiger partial charge in [0.15, 0.2) is 0 Å². The van der Waals surface area contributed by atoms with E-state index in [0.29, 0.717) is 5.02 Å². The predicted molar refractivity (Wildman–Crippen MR) is 89.0 cm³/mol. The zero-order valence-electron chi connectivity index (χ0n) is 11.6. The van der Waals surface area contributed by atoms with Gasteiger partial charge in [0.2, 0.25) is 10.0 Å². The molecule has 0 fully saturated rings. The molecule has 0 radical (unpaired) electrons. The summed E-state index contributed by atoms with van der Waals surface area (Å²) in [6.07, 6.45) is 0. The lowest BCUT2D eigenvalue weighted by atomic mass is 10.1. The lowest BCUT2D eigenvalue weighted by molar-refractivity contribution is 0.398. The van der Waals surface area contributed by atoms with Gasteiger partial charge >= 0.3 is 0 Å². The zero-order valence-corrected chi connectivity index (χ0v) is 14.8. The quantitative estimate of drug-likeness (QED) is 0.774. The maximum atomic E-state index is 12.6. The second-order valence-corrected chi connectivity index (χ2v) is 7.99. The molecule has 112 valence electrons. The molecule has 2 aromatic rings. The SMILES string of the molecule is CC(c1ccccc1Cl)N(C)S(=O)(=O)c1ccc(Br)cc1. The monoisotopic (exact) mass is 387 g/mol. The van der Waals surface area contributed by atoms with Crippen LogP contribution < -0.4 is 0 Å². The summed E-state index contributed by atoms with van der Waals surface area (Å²) in [4.78, 5) is 0.257. The Kier molecular flexibility index (Phi) is 5.09. The fourth-order valence-corrected chi connectivity index (χ4v) is 3.89. The Hall–Kier alpha value is -0.880. The summed E-state index contributed by atoms with van der Waals surface area (Å²) in [5.74, 6) is 0. The largest absolute Gasteiger partial charge is 0.243 e. The first-order valence-corrected chi connectivity index (χ1v) is 8.93. The van der Waals surface area contributed by atoms with Gasteiger partial charge in [-0.15, -0.1) is 0 Å². The Morgan fingerprint density at radius 3 is 2.24 bits per heavy atom. The third-order valence-corrected chi connectivity index (χ3v) is 6.21. The summed E-state index contributed by atoms with van der Waals surface area (Å²) in [7, 11) is -2.01. The van der Waals surface area contributed by atoms with Gasteiger partial charge in [0, 0.05) is 22.6 Å². The molecule has 1 atom stereocenters. The number of halogens is 2. The summed E-state index contributed by atoms with van der Waals surface area (Å²) >= 11 is 9.45. The molecule has 0 amide bonds. The minimum Gasteiger partial charge on any atom is -0.207 e. The first kappa shape index (κ1) is 16.5. The summed E-state index contributed by atoms with van der Waals surface area (Å²) in [5, 5.41) is 0.558. The fraction of sp³-hybridized carbons (Fsp3) is 0.200. The Morgan fingerprint density at radius 2 is 1.67 bits per heavy atom. The van der Waals surface area contributed by atoms with E-state index in [2.05, 4.69) is 15.9 Å². The van der Waals surface area contributed by atoms with Crippen LogP contribution in [0.3, 0.4) is 0 Å². The molecule has 0 heterocycles. The van der Waals surface area contributed by atoms with E-state index in [-0.39, 0.29) is 10.9 Å². The van der Waals surface area contributed by atoms with E-state index in [4.69, 9.17) is 11.6 Å². The van der Waals surface area contributed by atoms with Gasteiger partial charge in [-0.3, -0.25) is 0 Å². The second kappa shape index (κ2) is 6.48. The van der Waals surface area contributed by atoms with Gasteiger partial charge in [-0.1, -0.05) is 45.7 Å². The van der Waals surface area contributed by atoms with E-state index in [1.54, 1.807) is 37.4 Å². The summed E-state index contributed by atoms with van der Waals surface area (Å²) in [6, 6.07) is 13.5. The highest BCUT2D eigenvalue weighted by Gasteiger charge is 2.27. The zero-order chi connectivity index (χ0) is 15.6. The first-order valence-electron chi connectivity index (χ1n) is 6.32. The molecular formula is C15H15BrClNO2S. The fourth-order valence-electron chi connectivity index (χ4n) is 1.99. The number of hydrogen-bond donors (Lipinski definition) is 0. The van der Waals surface area contributed by atoms with Crippen molar-refractivity contribution in [2.45, 2.75) is 17.9 Å². The van der Waals surface area contributed by atoms with Gasteiger partial charge in [-0.2, -0.15) is 4.31 Å². The molecule has 0 saturated carbocycles. The molecule has 21 heavy (non-hydrogen) atoms. The van der Waals surface area contributed by atoms with Crippen LogP contribution in [-0.2, 0) is 10.0 Å². The minimum atomic E-state index is -3.57. The van der Waals surface area contributed by atoms with E-state index < -0.39 is 10.0 Å². The van der Waals surface area contributed by atoms with Crippen molar-refractivity contribution in [1.29, 1.82) is 0 Å². The van der Waals surface area contributed by atoms with Crippen molar-refractivity contribution in [2.75, 3.05) is 7.05 Å². The first-order chi connectivity index (χ1) is 9.84. The third kappa shape index (κ3) is 3.48. The highest BCUT2D eigenvalue weighted by atomic mass is 79.9. The van der Waals surface area contributed by atoms with Gasteiger partial charge < -0.3 is 0 Å². The lowest BCUT2D eigenvalue weighted by Crippen LogP contribution is -2.30. The van der Waals surface area contributed by atoms with Gasteiger partial charge in [-0.05, 0) is 42.8 Å². The molecule has 0 N–H and O–H groups in total. The normalized spacial score (nSPS) is 13.4. The Labute approximate surface area is 138 Å². The Morgan fingerprint density at radius 1 is 1.10 bits per heavy atom. The van der Waals surface area contributed by atoms with E-state index in [1.807, 2.05) is 25.1 Å². The smallest absolute Gasteiger partial charge is 0.207 e. The lowest BCUT2D eigenvalue weighted by Gasteiger charge is -2.25. The molecule has 0 saturated heterocycles. The molecule has 0 aliphatic carbocycles. The number of benzene rings is 2. The van der Waals surface area contributed by atoms with Crippen molar-refractivity contribution in [3.05, 3.63) is 63.6 Å². The molecule has 6 heteroatoms. The summed E-state index contributed by atoms with van der Waals surface area (Å²) in [5.41, 5.74) is 0.780. The van der Waals surface area contributed by atoms with Crippen LogP contribution in [0.2, 0.25) is 5.02 Å². The van der Waals surface area contributed by atoms with Gasteiger partial charge in [-0.25, -0.2) is 8.42 Å². The van der Waals surface area contributed by atoms with Crippen LogP contribution in [0.15, 0.2) is 57.9 Å². The molecule has 0 aliphatic rings. The molecule has 3 nitrogen and oxygen atoms in total. The molecule has 0 aliphatic heterocycles. The highest BCUT2D eigenvalue weighted by molar-refractivity contribution is 9.10. The standard InChI is InChI=1S/C15H15BrClNO2S/c1-11(14-5-3-4-6-15(14)17)18(2)21(19,20)13-9-7-12(16)8-10-13/h3-11H,1-2H3. The van der Waals surface area contributed by atoms with Crippen molar-refractivity contribution < 1.29 is 8.42 Å². The summed E-state index contributed by atoms with van der Waals surface area (Å²) in [6.45, 7) is 1.82. The van der Waals surface area contributed by atoms with Crippen molar-refractivity contribution in [1.82, 2.24) is 4.31 Å². The molecule has 0 aromatic heterocycles. The maximum Gasteiger partial charge on any atom is 0.243 e. The second-order valence-electron chi connectivity index (χ2n) is 4.67. The molecule has 0 bridgehead atoms. The van der Waals surface area contributed by atoms with E-state index >= 15 is 0 Å². The number of nitrogens with zero attached hydrogens (tertiary/aromatic N) is 1. The van der Waals surface area contributed by atoms with Crippen molar-refractivity contribution >= 4 is 37.6 Å². The van der Waals surface area contributed by atoms with Crippen LogP contribution in [0, 0.1) is 0 Å². The average Bonchev–Trinajstić information content (AvgIpc) is 2.46. The van der Waals surface area contributed by atoms with Gasteiger partial charge in [0.1, 0.15) is 0 Å². The van der Waals surface area contributed by atoms with Crippen LogP contribution in [0.1, 0.15) is 18.5 Å². The topological polar surface area (TPSA) is 37.4 Å². The molecular weight excluding hydrogens is 374 g/mol. The van der Waals surface area contributed by atoms with Crippen LogP contribution in [-0.4, -0.2) is 19.8 Å². The van der Waals surface area contributed by atoms with E-state index in [0.717, 1.165) is 10.0 Å². The molecule has 1 unspecified atom stereocenters. The Bertz CT molecular complexity index is 732. The van der Waals surface area contributed by atoms with Crippen molar-refractivity contribution in [3.8, 4) is 0 Å². The highest BCUT2D eigenvalue weighted by Crippen LogP contribution is 2.30. The molecule has 2 rings (SSSR count). The third-order valence-electron chi connectivity index (χ3n) is 3.39.